The van der Waals surface area contributed by atoms with Gasteiger partial charge in [-0.05, 0) is 29.5 Å². The molecule has 1 amide bonds. The zero-order valence-electron chi connectivity index (χ0n) is 17.5. The van der Waals surface area contributed by atoms with E-state index in [2.05, 4.69) is 11.4 Å². The fourth-order valence-corrected chi connectivity index (χ4v) is 4.80. The van der Waals surface area contributed by atoms with Gasteiger partial charge in [-0.2, -0.15) is 5.26 Å². The molecule has 3 N–H and O–H groups in total. The second-order valence-electron chi connectivity index (χ2n) is 8.12. The monoisotopic (exact) mass is 427 g/mol. The van der Waals surface area contributed by atoms with Crippen LogP contribution in [0.15, 0.2) is 40.1 Å². The number of thioether (sulfide) groups is 1. The number of ketones is 1. The van der Waals surface area contributed by atoms with E-state index in [1.807, 2.05) is 19.9 Å². The molecule has 158 valence electrons. The number of nitrogens with one attached hydrogen (secondary N) is 1. The first-order chi connectivity index (χ1) is 14.2. The Labute approximate surface area is 180 Å². The maximum Gasteiger partial charge on any atom is 0.227 e. The van der Waals surface area contributed by atoms with E-state index in [1.54, 1.807) is 19.2 Å². The van der Waals surface area contributed by atoms with Crippen molar-refractivity contribution in [1.82, 2.24) is 5.32 Å². The van der Waals surface area contributed by atoms with Gasteiger partial charge in [-0.15, -0.1) is 0 Å². The number of benzene rings is 1. The van der Waals surface area contributed by atoms with Crippen molar-refractivity contribution in [3.05, 3.63) is 45.6 Å². The number of nitriles is 1. The SMILES string of the molecule is COc1ccc(C2C(C#N)=C(SCC(N)=O)NC3=C2C(=O)CC(C)(C)C3)cc1OC. The van der Waals surface area contributed by atoms with Crippen molar-refractivity contribution in [3.63, 3.8) is 0 Å². The minimum atomic E-state index is -0.551. The van der Waals surface area contributed by atoms with Crippen LogP contribution in [0.5, 0.6) is 11.5 Å². The van der Waals surface area contributed by atoms with Crippen LogP contribution in [-0.2, 0) is 9.59 Å². The van der Waals surface area contributed by atoms with E-state index < -0.39 is 11.8 Å². The van der Waals surface area contributed by atoms with E-state index in [0.717, 1.165) is 11.3 Å². The van der Waals surface area contributed by atoms with Gasteiger partial charge in [-0.1, -0.05) is 31.7 Å². The highest BCUT2D eigenvalue weighted by atomic mass is 32.2. The first kappa shape index (κ1) is 21.8. The number of rotatable bonds is 6. The molecule has 0 aromatic heterocycles. The summed E-state index contributed by atoms with van der Waals surface area (Å²) in [5.41, 5.74) is 7.65. The van der Waals surface area contributed by atoms with Crippen LogP contribution in [0.3, 0.4) is 0 Å². The maximum absolute atomic E-state index is 13.2. The van der Waals surface area contributed by atoms with E-state index in [4.69, 9.17) is 15.2 Å². The number of carbonyl (C=O) groups is 2. The Balaban J connectivity index is 2.18. The molecule has 7 nitrogen and oxygen atoms in total. The van der Waals surface area contributed by atoms with Gasteiger partial charge in [0.2, 0.25) is 5.91 Å². The molecule has 2 aliphatic rings. The van der Waals surface area contributed by atoms with Crippen molar-refractivity contribution >= 4 is 23.5 Å². The van der Waals surface area contributed by atoms with Crippen LogP contribution < -0.4 is 20.5 Å². The van der Waals surface area contributed by atoms with Crippen molar-refractivity contribution in [2.24, 2.45) is 11.1 Å². The quantitative estimate of drug-likeness (QED) is 0.717. The smallest absolute Gasteiger partial charge is 0.227 e. The number of carbonyl (C=O) groups excluding carboxylic acids is 2. The number of nitrogens with zero attached hydrogens (tertiary/aromatic N) is 1. The van der Waals surface area contributed by atoms with Crippen LogP contribution >= 0.6 is 11.8 Å². The second-order valence-corrected chi connectivity index (χ2v) is 9.10. The van der Waals surface area contributed by atoms with Gasteiger partial charge in [-0.25, -0.2) is 0 Å². The Hall–Kier alpha value is -2.92. The Kier molecular flexibility index (Phi) is 6.13. The summed E-state index contributed by atoms with van der Waals surface area (Å²) in [6.07, 6.45) is 1.07. The molecule has 1 atom stereocenters. The van der Waals surface area contributed by atoms with Crippen molar-refractivity contribution < 1.29 is 19.1 Å². The largest absolute Gasteiger partial charge is 0.493 e. The summed E-state index contributed by atoms with van der Waals surface area (Å²) >= 11 is 1.18. The molecule has 1 unspecified atom stereocenters. The molecular formula is C22H25N3O4S. The van der Waals surface area contributed by atoms with E-state index in [1.165, 1.54) is 18.9 Å². The minimum absolute atomic E-state index is 0.0141. The van der Waals surface area contributed by atoms with Crippen LogP contribution in [0.25, 0.3) is 0 Å². The third-order valence-corrected chi connectivity index (χ3v) is 6.27. The lowest BCUT2D eigenvalue weighted by Gasteiger charge is -2.39. The van der Waals surface area contributed by atoms with Crippen molar-refractivity contribution in [2.75, 3.05) is 20.0 Å². The van der Waals surface area contributed by atoms with Crippen LogP contribution in [0.4, 0.5) is 0 Å². The highest BCUT2D eigenvalue weighted by molar-refractivity contribution is 8.03. The summed E-state index contributed by atoms with van der Waals surface area (Å²) in [6, 6.07) is 7.64. The van der Waals surface area contributed by atoms with Gasteiger partial charge in [-0.3, -0.25) is 9.59 Å². The first-order valence-electron chi connectivity index (χ1n) is 9.51. The Morgan fingerprint density at radius 1 is 1.30 bits per heavy atom. The molecule has 0 fully saturated rings. The molecule has 1 aromatic carbocycles. The summed E-state index contributed by atoms with van der Waals surface area (Å²) in [7, 11) is 3.09. The molecule has 1 heterocycles. The average Bonchev–Trinajstić information content (AvgIpc) is 2.69. The molecule has 0 saturated carbocycles. The molecule has 3 rings (SSSR count). The molecular weight excluding hydrogens is 402 g/mol. The van der Waals surface area contributed by atoms with Crippen LogP contribution in [0.2, 0.25) is 0 Å². The molecule has 1 aliphatic carbocycles. The average molecular weight is 428 g/mol. The van der Waals surface area contributed by atoms with E-state index in [9.17, 15) is 14.9 Å². The van der Waals surface area contributed by atoms with E-state index in [0.29, 0.717) is 40.5 Å². The Morgan fingerprint density at radius 3 is 2.60 bits per heavy atom. The molecule has 0 radical (unpaired) electrons. The summed E-state index contributed by atoms with van der Waals surface area (Å²) in [5.74, 6) is 0.0973. The highest BCUT2D eigenvalue weighted by Gasteiger charge is 2.42. The molecule has 0 saturated heterocycles. The molecule has 30 heavy (non-hydrogen) atoms. The lowest BCUT2D eigenvalue weighted by Crippen LogP contribution is -2.37. The number of allylic oxidation sites excluding steroid dienone is 3. The van der Waals surface area contributed by atoms with Crippen molar-refractivity contribution in [3.8, 4) is 17.6 Å². The summed E-state index contributed by atoms with van der Waals surface area (Å²) in [4.78, 5) is 24.5. The van der Waals surface area contributed by atoms with Gasteiger partial charge in [0.1, 0.15) is 0 Å². The van der Waals surface area contributed by atoms with Gasteiger partial charge in [0, 0.05) is 17.7 Å². The summed E-state index contributed by atoms with van der Waals surface area (Å²) in [5, 5.41) is 13.8. The van der Waals surface area contributed by atoms with Crippen molar-refractivity contribution in [2.45, 2.75) is 32.6 Å². The fourth-order valence-electron chi connectivity index (χ4n) is 4.00. The molecule has 1 aromatic rings. The number of primary amides is 1. The second kappa shape index (κ2) is 8.44. The van der Waals surface area contributed by atoms with E-state index >= 15 is 0 Å². The number of hydrogen-bond donors (Lipinski definition) is 2. The van der Waals surface area contributed by atoms with Gasteiger partial charge >= 0.3 is 0 Å². The fraction of sp³-hybridized carbons (Fsp3) is 0.409. The van der Waals surface area contributed by atoms with Crippen LogP contribution in [0.1, 0.15) is 38.2 Å². The normalized spacial score (nSPS) is 20.2. The Bertz CT molecular complexity index is 1000. The number of amides is 1. The number of nitrogens with two attached hydrogens (primary N) is 1. The predicted molar refractivity (Wildman–Crippen MR) is 115 cm³/mol. The minimum Gasteiger partial charge on any atom is -0.493 e. The summed E-state index contributed by atoms with van der Waals surface area (Å²) < 4.78 is 10.8. The van der Waals surface area contributed by atoms with Crippen LogP contribution in [0, 0.1) is 16.7 Å². The number of ether oxygens (including phenoxy) is 2. The zero-order valence-corrected chi connectivity index (χ0v) is 18.3. The van der Waals surface area contributed by atoms with Gasteiger partial charge in [0.05, 0.1) is 42.6 Å². The zero-order chi connectivity index (χ0) is 22.1. The third kappa shape index (κ3) is 4.17. The maximum atomic E-state index is 13.2. The van der Waals surface area contributed by atoms with E-state index in [-0.39, 0.29) is 17.0 Å². The summed E-state index contributed by atoms with van der Waals surface area (Å²) in [6.45, 7) is 4.09. The topological polar surface area (TPSA) is 114 Å². The van der Waals surface area contributed by atoms with Gasteiger partial charge in [0.15, 0.2) is 17.3 Å². The number of dihydropyridines is 1. The lowest BCUT2D eigenvalue weighted by molar-refractivity contribution is -0.118. The lowest BCUT2D eigenvalue weighted by atomic mass is 9.69. The predicted octanol–water partition coefficient (Wildman–Crippen LogP) is 2.99. The first-order valence-corrected chi connectivity index (χ1v) is 10.5. The Morgan fingerprint density at radius 2 is 2.00 bits per heavy atom. The molecule has 8 heteroatoms. The number of methoxy groups -OCH3 is 2. The number of hydrogen-bond acceptors (Lipinski definition) is 7. The molecule has 0 bridgehead atoms. The molecule has 1 aliphatic heterocycles. The third-order valence-electron chi connectivity index (χ3n) is 5.23. The highest BCUT2D eigenvalue weighted by Crippen LogP contribution is 2.48. The van der Waals surface area contributed by atoms with Crippen molar-refractivity contribution in [1.29, 1.82) is 5.26 Å². The van der Waals surface area contributed by atoms with Gasteiger partial charge < -0.3 is 20.5 Å². The number of Topliss-reactive ketones (excluding diaryl/α,β-unsaturated/α-hetero) is 1. The van der Waals surface area contributed by atoms with Crippen LogP contribution in [-0.4, -0.2) is 31.7 Å². The van der Waals surface area contributed by atoms with Gasteiger partial charge in [0.25, 0.3) is 0 Å². The standard InChI is InChI=1S/C22H25N3O4S/c1-22(2)8-14-20(15(26)9-22)19(12-5-6-16(28-3)17(7-12)29-4)13(10-23)21(25-14)30-11-18(24)27/h5-7,19,25H,8-9,11H2,1-4H3,(H2,24,27). The molecule has 0 spiro atoms.